The van der Waals surface area contributed by atoms with Gasteiger partial charge in [0, 0.05) is 30.2 Å². The molecule has 0 fully saturated rings. The maximum absolute atomic E-state index is 12.5. The third-order valence-corrected chi connectivity index (χ3v) is 3.62. The summed E-state index contributed by atoms with van der Waals surface area (Å²) in [5.74, 6) is 0.753. The second kappa shape index (κ2) is 6.40. The van der Waals surface area contributed by atoms with Crippen molar-refractivity contribution < 1.29 is 14.6 Å². The summed E-state index contributed by atoms with van der Waals surface area (Å²) in [6.07, 6.45) is 2.13. The molecular formula is C17H24N2O3. The van der Waals surface area contributed by atoms with Gasteiger partial charge in [0.05, 0.1) is 19.1 Å². The monoisotopic (exact) mass is 304 g/mol. The quantitative estimate of drug-likeness (QED) is 0.861. The summed E-state index contributed by atoms with van der Waals surface area (Å²) in [7, 11) is 1.63. The van der Waals surface area contributed by atoms with E-state index in [1.165, 1.54) is 0 Å². The summed E-state index contributed by atoms with van der Waals surface area (Å²) in [6.45, 7) is 6.22. The number of carbonyl (C=O) groups is 1. The molecule has 0 aliphatic rings. The Morgan fingerprint density at radius 3 is 2.73 bits per heavy atom. The minimum Gasteiger partial charge on any atom is -0.496 e. The maximum Gasteiger partial charge on any atom is 0.227 e. The van der Waals surface area contributed by atoms with Crippen molar-refractivity contribution in [3.05, 3.63) is 30.0 Å². The van der Waals surface area contributed by atoms with Gasteiger partial charge in [-0.05, 0) is 38.5 Å². The number of carbonyl (C=O) groups excluding carboxylic acids is 1. The Balaban J connectivity index is 2.25. The summed E-state index contributed by atoms with van der Waals surface area (Å²) in [6, 6.07) is 5.76. The van der Waals surface area contributed by atoms with Gasteiger partial charge in [-0.3, -0.25) is 4.79 Å². The molecule has 2 rings (SSSR count). The highest BCUT2D eigenvalue weighted by Crippen LogP contribution is 2.29. The number of H-pyrrole nitrogens is 1. The second-order valence-electron chi connectivity index (χ2n) is 6.09. The molecule has 0 aliphatic carbocycles. The van der Waals surface area contributed by atoms with E-state index in [0.29, 0.717) is 13.1 Å². The number of amides is 1. The lowest BCUT2D eigenvalue weighted by atomic mass is 10.1. The number of aromatic nitrogens is 1. The molecule has 120 valence electrons. The number of methoxy groups -OCH3 is 1. The van der Waals surface area contributed by atoms with Crippen molar-refractivity contribution in [2.24, 2.45) is 0 Å². The van der Waals surface area contributed by atoms with Crippen LogP contribution in [0.25, 0.3) is 10.9 Å². The largest absolute Gasteiger partial charge is 0.496 e. The first-order valence-electron chi connectivity index (χ1n) is 7.49. The molecule has 0 saturated heterocycles. The van der Waals surface area contributed by atoms with E-state index in [0.717, 1.165) is 22.2 Å². The third kappa shape index (κ3) is 3.60. The number of benzene rings is 1. The summed E-state index contributed by atoms with van der Waals surface area (Å²) >= 11 is 0. The minimum absolute atomic E-state index is 0.00330. The number of hydrogen-bond acceptors (Lipinski definition) is 3. The van der Waals surface area contributed by atoms with Crippen LogP contribution >= 0.6 is 0 Å². The average molecular weight is 304 g/mol. The van der Waals surface area contributed by atoms with Crippen LogP contribution in [0.1, 0.15) is 26.3 Å². The lowest BCUT2D eigenvalue weighted by Gasteiger charge is -2.28. The molecule has 0 unspecified atom stereocenters. The molecule has 1 amide bonds. The zero-order valence-electron chi connectivity index (χ0n) is 13.6. The Morgan fingerprint density at radius 2 is 2.14 bits per heavy atom. The van der Waals surface area contributed by atoms with E-state index < -0.39 is 5.60 Å². The molecule has 1 heterocycles. The Labute approximate surface area is 130 Å². The minimum atomic E-state index is -0.899. The van der Waals surface area contributed by atoms with Gasteiger partial charge in [-0.25, -0.2) is 0 Å². The molecule has 5 nitrogen and oxygen atoms in total. The van der Waals surface area contributed by atoms with Gasteiger partial charge in [-0.2, -0.15) is 0 Å². The van der Waals surface area contributed by atoms with Gasteiger partial charge in [0.25, 0.3) is 0 Å². The van der Waals surface area contributed by atoms with Crippen molar-refractivity contribution in [2.45, 2.75) is 32.8 Å². The molecule has 0 aliphatic heterocycles. The fraction of sp³-hybridized carbons (Fsp3) is 0.471. The molecule has 2 aromatic rings. The van der Waals surface area contributed by atoms with E-state index in [4.69, 9.17) is 4.74 Å². The number of aliphatic hydroxyl groups is 1. The van der Waals surface area contributed by atoms with Gasteiger partial charge in [0.2, 0.25) is 5.91 Å². The van der Waals surface area contributed by atoms with Crippen LogP contribution in [0.2, 0.25) is 0 Å². The van der Waals surface area contributed by atoms with Crippen LogP contribution in [-0.2, 0) is 11.2 Å². The highest BCUT2D eigenvalue weighted by Gasteiger charge is 2.22. The van der Waals surface area contributed by atoms with Crippen LogP contribution < -0.4 is 4.74 Å². The first kappa shape index (κ1) is 16.4. The number of hydrogen-bond donors (Lipinski definition) is 2. The molecule has 0 bridgehead atoms. The Morgan fingerprint density at radius 1 is 1.41 bits per heavy atom. The first-order chi connectivity index (χ1) is 10.4. The fourth-order valence-electron chi connectivity index (χ4n) is 2.65. The molecule has 0 spiro atoms. The molecular weight excluding hydrogens is 280 g/mol. The zero-order chi connectivity index (χ0) is 16.3. The molecule has 1 aromatic carbocycles. The second-order valence-corrected chi connectivity index (χ2v) is 6.09. The first-order valence-corrected chi connectivity index (χ1v) is 7.49. The van der Waals surface area contributed by atoms with Gasteiger partial charge in [0.15, 0.2) is 0 Å². The van der Waals surface area contributed by atoms with Crippen LogP contribution in [0, 0.1) is 0 Å². The van der Waals surface area contributed by atoms with Crippen LogP contribution in [0.3, 0.4) is 0 Å². The summed E-state index contributed by atoms with van der Waals surface area (Å²) in [5.41, 5.74) is 0.961. The van der Waals surface area contributed by atoms with E-state index in [1.54, 1.807) is 25.9 Å². The van der Waals surface area contributed by atoms with E-state index in [-0.39, 0.29) is 12.3 Å². The summed E-state index contributed by atoms with van der Waals surface area (Å²) in [4.78, 5) is 17.4. The van der Waals surface area contributed by atoms with Crippen molar-refractivity contribution in [1.29, 1.82) is 0 Å². The zero-order valence-corrected chi connectivity index (χ0v) is 13.6. The van der Waals surface area contributed by atoms with Gasteiger partial charge >= 0.3 is 0 Å². The van der Waals surface area contributed by atoms with E-state index in [9.17, 15) is 9.90 Å². The average Bonchev–Trinajstić information content (AvgIpc) is 2.87. The smallest absolute Gasteiger partial charge is 0.227 e. The van der Waals surface area contributed by atoms with Gasteiger partial charge in [0.1, 0.15) is 5.75 Å². The standard InChI is InChI=1S/C17H24N2O3/c1-5-19(11-17(2,3)21)15(20)9-12-10-18-13-7-6-8-14(22-4)16(12)13/h6-8,10,18,21H,5,9,11H2,1-4H3. The molecule has 22 heavy (non-hydrogen) atoms. The van der Waals surface area contributed by atoms with Gasteiger partial charge in [-0.15, -0.1) is 0 Å². The van der Waals surface area contributed by atoms with Crippen molar-refractivity contribution in [3.63, 3.8) is 0 Å². The number of aromatic amines is 1. The lowest BCUT2D eigenvalue weighted by Crippen LogP contribution is -2.42. The number of likely N-dealkylation sites (N-methyl/N-ethyl adjacent to an activating group) is 1. The van der Waals surface area contributed by atoms with E-state index in [2.05, 4.69) is 4.98 Å². The summed E-state index contributed by atoms with van der Waals surface area (Å²) < 4.78 is 5.39. The van der Waals surface area contributed by atoms with Crippen molar-refractivity contribution in [1.82, 2.24) is 9.88 Å². The van der Waals surface area contributed by atoms with Crippen LogP contribution in [-0.4, -0.2) is 46.7 Å². The molecule has 2 N–H and O–H groups in total. The van der Waals surface area contributed by atoms with Crippen LogP contribution in [0.15, 0.2) is 24.4 Å². The maximum atomic E-state index is 12.5. The highest BCUT2D eigenvalue weighted by atomic mass is 16.5. The summed E-state index contributed by atoms with van der Waals surface area (Å²) in [5, 5.41) is 10.9. The SMILES string of the molecule is CCN(CC(C)(C)O)C(=O)Cc1c[nH]c2cccc(OC)c12. The third-order valence-electron chi connectivity index (χ3n) is 3.62. The van der Waals surface area contributed by atoms with Crippen molar-refractivity contribution in [3.8, 4) is 5.75 Å². The molecule has 0 atom stereocenters. The molecule has 0 saturated carbocycles. The molecule has 0 radical (unpaired) electrons. The van der Waals surface area contributed by atoms with Crippen LogP contribution in [0.5, 0.6) is 5.75 Å². The lowest BCUT2D eigenvalue weighted by molar-refractivity contribution is -0.133. The predicted molar refractivity (Wildman–Crippen MR) is 87.1 cm³/mol. The van der Waals surface area contributed by atoms with Crippen molar-refractivity contribution >= 4 is 16.8 Å². The van der Waals surface area contributed by atoms with Gasteiger partial charge in [-0.1, -0.05) is 6.07 Å². The topological polar surface area (TPSA) is 65.6 Å². The predicted octanol–water partition coefficient (Wildman–Crippen LogP) is 2.34. The van der Waals surface area contributed by atoms with E-state index >= 15 is 0 Å². The fourth-order valence-corrected chi connectivity index (χ4v) is 2.65. The number of ether oxygens (including phenoxy) is 1. The Kier molecular flexibility index (Phi) is 4.76. The Bertz CT molecular complexity index is 655. The normalized spacial score (nSPS) is 11.7. The van der Waals surface area contributed by atoms with Crippen molar-refractivity contribution in [2.75, 3.05) is 20.2 Å². The Hall–Kier alpha value is -2.01. The molecule has 5 heteroatoms. The van der Waals surface area contributed by atoms with Gasteiger partial charge < -0.3 is 19.7 Å². The van der Waals surface area contributed by atoms with Crippen LogP contribution in [0.4, 0.5) is 0 Å². The van der Waals surface area contributed by atoms with E-state index in [1.807, 2.05) is 31.3 Å². The number of fused-ring (bicyclic) bond motifs is 1. The number of nitrogens with zero attached hydrogens (tertiary/aromatic N) is 1. The number of nitrogens with one attached hydrogen (secondary N) is 1. The molecule has 1 aromatic heterocycles. The highest BCUT2D eigenvalue weighted by molar-refractivity contribution is 5.93. The number of rotatable bonds is 6.